The Balaban J connectivity index is 1.99. The zero-order chi connectivity index (χ0) is 10.4. The molecule has 14 heavy (non-hydrogen) atoms. The van der Waals surface area contributed by atoms with E-state index < -0.39 is 0 Å². The molecule has 1 unspecified atom stereocenters. The summed E-state index contributed by atoms with van der Waals surface area (Å²) in [5.74, 6) is 2.98. The van der Waals surface area contributed by atoms with Crippen LogP contribution >= 0.6 is 0 Å². The van der Waals surface area contributed by atoms with Gasteiger partial charge in [-0.1, -0.05) is 72.1 Å². The van der Waals surface area contributed by atoms with Crippen LogP contribution in [0.4, 0.5) is 0 Å². The highest BCUT2D eigenvalue weighted by atomic mass is 14.3. The van der Waals surface area contributed by atoms with E-state index in [9.17, 15) is 0 Å². The molecule has 0 bridgehead atoms. The first-order valence-corrected chi connectivity index (χ1v) is 6.70. The van der Waals surface area contributed by atoms with Gasteiger partial charge in [0.2, 0.25) is 0 Å². The second-order valence-electron chi connectivity index (χ2n) is 5.70. The third-order valence-corrected chi connectivity index (χ3v) is 3.90. The monoisotopic (exact) mass is 196 g/mol. The van der Waals surface area contributed by atoms with Gasteiger partial charge in [0.05, 0.1) is 0 Å². The summed E-state index contributed by atoms with van der Waals surface area (Å²) >= 11 is 0. The van der Waals surface area contributed by atoms with Crippen molar-refractivity contribution < 1.29 is 0 Å². The van der Waals surface area contributed by atoms with Gasteiger partial charge in [0.25, 0.3) is 0 Å². The molecule has 1 aliphatic rings. The molecular weight excluding hydrogens is 168 g/mol. The van der Waals surface area contributed by atoms with Gasteiger partial charge in [0.15, 0.2) is 0 Å². The maximum absolute atomic E-state index is 2.48. The third-order valence-electron chi connectivity index (χ3n) is 3.90. The minimum atomic E-state index is 0.900. The lowest BCUT2D eigenvalue weighted by Gasteiger charge is -2.18. The molecule has 1 aliphatic carbocycles. The van der Waals surface area contributed by atoms with E-state index in [2.05, 4.69) is 20.8 Å². The standard InChI is InChI=1S/C14H28/c1-12(2)8-4-5-9-13(3)14-10-6-7-11-14/h12-14H,4-11H2,1-3H3. The van der Waals surface area contributed by atoms with E-state index in [1.165, 1.54) is 51.4 Å². The molecule has 0 aromatic rings. The molecule has 0 N–H and O–H groups in total. The van der Waals surface area contributed by atoms with E-state index in [1.54, 1.807) is 0 Å². The molecule has 0 radical (unpaired) electrons. The van der Waals surface area contributed by atoms with Crippen molar-refractivity contribution in [1.82, 2.24) is 0 Å². The van der Waals surface area contributed by atoms with Gasteiger partial charge in [-0.3, -0.25) is 0 Å². The van der Waals surface area contributed by atoms with Crippen LogP contribution in [0.5, 0.6) is 0 Å². The molecule has 0 amide bonds. The van der Waals surface area contributed by atoms with Crippen molar-refractivity contribution in [2.24, 2.45) is 17.8 Å². The quantitative estimate of drug-likeness (QED) is 0.523. The molecule has 0 nitrogen and oxygen atoms in total. The molecule has 0 heteroatoms. The average molecular weight is 196 g/mol. The Kier molecular flexibility index (Phi) is 5.59. The maximum atomic E-state index is 2.48. The summed E-state index contributed by atoms with van der Waals surface area (Å²) in [5.41, 5.74) is 0. The van der Waals surface area contributed by atoms with Gasteiger partial charge in [-0.15, -0.1) is 0 Å². The van der Waals surface area contributed by atoms with Crippen molar-refractivity contribution in [1.29, 1.82) is 0 Å². The summed E-state index contributed by atoms with van der Waals surface area (Å²) in [7, 11) is 0. The number of hydrogen-bond acceptors (Lipinski definition) is 0. The van der Waals surface area contributed by atoms with Gasteiger partial charge in [-0.25, -0.2) is 0 Å². The number of rotatable bonds is 6. The van der Waals surface area contributed by atoms with Crippen molar-refractivity contribution >= 4 is 0 Å². The summed E-state index contributed by atoms with van der Waals surface area (Å²) in [6.07, 6.45) is 11.9. The molecule has 1 atom stereocenters. The van der Waals surface area contributed by atoms with E-state index in [0.717, 1.165) is 17.8 Å². The Morgan fingerprint density at radius 1 is 0.929 bits per heavy atom. The molecule has 0 spiro atoms. The molecule has 0 aromatic heterocycles. The highest BCUT2D eigenvalue weighted by Crippen LogP contribution is 2.33. The Hall–Kier alpha value is 0. The topological polar surface area (TPSA) is 0 Å². The third kappa shape index (κ3) is 4.48. The second-order valence-corrected chi connectivity index (χ2v) is 5.70. The van der Waals surface area contributed by atoms with Gasteiger partial charge in [-0.05, 0) is 17.8 Å². The van der Waals surface area contributed by atoms with Gasteiger partial charge < -0.3 is 0 Å². The van der Waals surface area contributed by atoms with Crippen LogP contribution in [0.3, 0.4) is 0 Å². The molecule has 84 valence electrons. The van der Waals surface area contributed by atoms with Crippen LogP contribution in [-0.2, 0) is 0 Å². The molecular formula is C14H28. The molecule has 0 aliphatic heterocycles. The highest BCUT2D eigenvalue weighted by molar-refractivity contribution is 4.72. The van der Waals surface area contributed by atoms with E-state index in [4.69, 9.17) is 0 Å². The zero-order valence-electron chi connectivity index (χ0n) is 10.4. The predicted octanol–water partition coefficient (Wildman–Crippen LogP) is 5.03. The summed E-state index contributed by atoms with van der Waals surface area (Å²) in [4.78, 5) is 0. The van der Waals surface area contributed by atoms with Crippen LogP contribution in [0.2, 0.25) is 0 Å². The molecule has 1 rings (SSSR count). The molecule has 1 saturated carbocycles. The Morgan fingerprint density at radius 2 is 1.50 bits per heavy atom. The minimum absolute atomic E-state index is 0.900. The van der Waals surface area contributed by atoms with Gasteiger partial charge >= 0.3 is 0 Å². The summed E-state index contributed by atoms with van der Waals surface area (Å²) in [6, 6.07) is 0. The fourth-order valence-electron chi connectivity index (χ4n) is 2.78. The maximum Gasteiger partial charge on any atom is -0.0388 e. The van der Waals surface area contributed by atoms with Crippen LogP contribution < -0.4 is 0 Å². The van der Waals surface area contributed by atoms with Crippen molar-refractivity contribution in [3.8, 4) is 0 Å². The van der Waals surface area contributed by atoms with Crippen molar-refractivity contribution in [3.63, 3.8) is 0 Å². The fourth-order valence-corrected chi connectivity index (χ4v) is 2.78. The van der Waals surface area contributed by atoms with Crippen molar-refractivity contribution in [2.75, 3.05) is 0 Å². The molecule has 0 saturated heterocycles. The number of unbranched alkanes of at least 4 members (excludes halogenated alkanes) is 1. The summed E-state index contributed by atoms with van der Waals surface area (Å²) in [6.45, 7) is 7.14. The van der Waals surface area contributed by atoms with E-state index in [1.807, 2.05) is 0 Å². The Labute approximate surface area is 90.5 Å². The largest absolute Gasteiger partial charge is 0.0628 e. The second kappa shape index (κ2) is 6.48. The lowest BCUT2D eigenvalue weighted by Crippen LogP contribution is -2.07. The summed E-state index contributed by atoms with van der Waals surface area (Å²) in [5, 5.41) is 0. The average Bonchev–Trinajstić information content (AvgIpc) is 2.64. The van der Waals surface area contributed by atoms with Crippen LogP contribution in [0, 0.1) is 17.8 Å². The minimum Gasteiger partial charge on any atom is -0.0628 e. The Morgan fingerprint density at radius 3 is 2.07 bits per heavy atom. The van der Waals surface area contributed by atoms with E-state index in [-0.39, 0.29) is 0 Å². The molecule has 1 fully saturated rings. The van der Waals surface area contributed by atoms with Crippen LogP contribution in [0.1, 0.15) is 72.1 Å². The van der Waals surface area contributed by atoms with E-state index >= 15 is 0 Å². The van der Waals surface area contributed by atoms with Crippen LogP contribution in [-0.4, -0.2) is 0 Å². The Bertz CT molecular complexity index is 131. The first-order chi connectivity index (χ1) is 6.70. The fraction of sp³-hybridized carbons (Fsp3) is 1.00. The lowest BCUT2D eigenvalue weighted by molar-refractivity contribution is 0.331. The SMILES string of the molecule is CC(C)CCCCC(C)C1CCCC1. The van der Waals surface area contributed by atoms with E-state index in [0.29, 0.717) is 0 Å². The van der Waals surface area contributed by atoms with Crippen molar-refractivity contribution in [2.45, 2.75) is 72.1 Å². The van der Waals surface area contributed by atoms with Gasteiger partial charge in [0, 0.05) is 0 Å². The number of hydrogen-bond donors (Lipinski definition) is 0. The smallest absolute Gasteiger partial charge is 0.0388 e. The van der Waals surface area contributed by atoms with Gasteiger partial charge in [-0.2, -0.15) is 0 Å². The van der Waals surface area contributed by atoms with Crippen molar-refractivity contribution in [3.05, 3.63) is 0 Å². The summed E-state index contributed by atoms with van der Waals surface area (Å²) < 4.78 is 0. The highest BCUT2D eigenvalue weighted by Gasteiger charge is 2.20. The normalized spacial score (nSPS) is 20.6. The molecule has 0 aromatic carbocycles. The van der Waals surface area contributed by atoms with Crippen LogP contribution in [0.15, 0.2) is 0 Å². The van der Waals surface area contributed by atoms with Gasteiger partial charge in [0.1, 0.15) is 0 Å². The van der Waals surface area contributed by atoms with Crippen LogP contribution in [0.25, 0.3) is 0 Å². The molecule has 0 heterocycles. The first-order valence-electron chi connectivity index (χ1n) is 6.70. The zero-order valence-corrected chi connectivity index (χ0v) is 10.4. The first kappa shape index (κ1) is 12.1. The lowest BCUT2D eigenvalue weighted by atomic mass is 9.88. The predicted molar refractivity (Wildman–Crippen MR) is 64.4 cm³/mol.